The van der Waals surface area contributed by atoms with Gasteiger partial charge < -0.3 is 5.32 Å². The van der Waals surface area contributed by atoms with Crippen LogP contribution in [0.5, 0.6) is 0 Å². The third-order valence-corrected chi connectivity index (χ3v) is 3.50. The molecule has 0 bridgehead atoms. The number of rotatable bonds is 4. The molecule has 0 aliphatic heterocycles. The van der Waals surface area contributed by atoms with Crippen LogP contribution < -0.4 is 5.32 Å². The van der Waals surface area contributed by atoms with Crippen LogP contribution in [-0.2, 0) is 6.54 Å². The quantitative estimate of drug-likeness (QED) is 0.662. The molecule has 110 valence electrons. The van der Waals surface area contributed by atoms with Gasteiger partial charge in [-0.1, -0.05) is 17.7 Å². The second kappa shape index (κ2) is 6.10. The molecule has 0 aromatic heterocycles. The van der Waals surface area contributed by atoms with Gasteiger partial charge in [0.05, 0.1) is 9.95 Å². The molecular weight excluding hydrogens is 295 g/mol. The van der Waals surface area contributed by atoms with Gasteiger partial charge in [-0.2, -0.15) is 0 Å². The van der Waals surface area contributed by atoms with Crippen molar-refractivity contribution in [3.63, 3.8) is 0 Å². The standard InChI is InChI=1S/C15H14ClFN2O2/c1-9-5-10(2)15(19(20)21)7-14(9)18-8-11-3-4-13(17)12(16)6-11/h3-7,18H,8H2,1-2H3. The number of nitrogens with zero attached hydrogens (tertiary/aromatic N) is 1. The Kier molecular flexibility index (Phi) is 4.43. The molecule has 0 amide bonds. The summed E-state index contributed by atoms with van der Waals surface area (Å²) >= 11 is 5.72. The predicted octanol–water partition coefficient (Wildman–Crippen LogP) is 4.62. The summed E-state index contributed by atoms with van der Waals surface area (Å²) in [6, 6.07) is 7.71. The zero-order valence-electron chi connectivity index (χ0n) is 11.6. The lowest BCUT2D eigenvalue weighted by atomic mass is 10.1. The Bertz CT molecular complexity index is 704. The molecule has 0 aliphatic rings. The van der Waals surface area contributed by atoms with Crippen LogP contribution in [0.1, 0.15) is 16.7 Å². The second-order valence-electron chi connectivity index (χ2n) is 4.81. The summed E-state index contributed by atoms with van der Waals surface area (Å²) in [7, 11) is 0. The van der Waals surface area contributed by atoms with Crippen molar-refractivity contribution in [3.8, 4) is 0 Å². The van der Waals surface area contributed by atoms with Crippen molar-refractivity contribution in [1.29, 1.82) is 0 Å². The van der Waals surface area contributed by atoms with E-state index in [0.29, 0.717) is 17.8 Å². The maximum Gasteiger partial charge on any atom is 0.274 e. The van der Waals surface area contributed by atoms with Gasteiger partial charge in [-0.3, -0.25) is 10.1 Å². The molecule has 0 spiro atoms. The molecule has 0 radical (unpaired) electrons. The average molecular weight is 309 g/mol. The fourth-order valence-corrected chi connectivity index (χ4v) is 2.28. The first-order chi connectivity index (χ1) is 9.88. The molecule has 21 heavy (non-hydrogen) atoms. The average Bonchev–Trinajstić information content (AvgIpc) is 2.41. The lowest BCUT2D eigenvalue weighted by molar-refractivity contribution is -0.385. The number of anilines is 1. The monoisotopic (exact) mass is 308 g/mol. The number of nitro groups is 1. The van der Waals surface area contributed by atoms with Gasteiger partial charge in [-0.15, -0.1) is 0 Å². The van der Waals surface area contributed by atoms with Crippen molar-refractivity contribution in [3.05, 3.63) is 68.0 Å². The van der Waals surface area contributed by atoms with Gasteiger partial charge in [0.2, 0.25) is 0 Å². The smallest absolute Gasteiger partial charge is 0.274 e. The highest BCUT2D eigenvalue weighted by Crippen LogP contribution is 2.27. The molecule has 1 N–H and O–H groups in total. The van der Waals surface area contributed by atoms with Crippen LogP contribution in [0.3, 0.4) is 0 Å². The first-order valence-electron chi connectivity index (χ1n) is 6.32. The van der Waals surface area contributed by atoms with Crippen LogP contribution in [0.2, 0.25) is 5.02 Å². The Morgan fingerprint density at radius 3 is 2.57 bits per heavy atom. The normalized spacial score (nSPS) is 10.5. The lowest BCUT2D eigenvalue weighted by Crippen LogP contribution is -2.03. The van der Waals surface area contributed by atoms with Crippen molar-refractivity contribution in [2.75, 3.05) is 5.32 Å². The van der Waals surface area contributed by atoms with Crippen LogP contribution >= 0.6 is 11.6 Å². The summed E-state index contributed by atoms with van der Waals surface area (Å²) in [6.45, 7) is 3.98. The minimum absolute atomic E-state index is 0.0564. The molecule has 0 heterocycles. The van der Waals surface area contributed by atoms with Gasteiger partial charge in [0.1, 0.15) is 5.82 Å². The van der Waals surface area contributed by atoms with Crippen LogP contribution in [-0.4, -0.2) is 4.92 Å². The third kappa shape index (κ3) is 3.49. The summed E-state index contributed by atoms with van der Waals surface area (Å²) in [5.41, 5.74) is 3.07. The molecule has 0 unspecified atom stereocenters. The van der Waals surface area contributed by atoms with E-state index in [4.69, 9.17) is 11.6 Å². The first-order valence-corrected chi connectivity index (χ1v) is 6.69. The van der Waals surface area contributed by atoms with E-state index in [-0.39, 0.29) is 10.7 Å². The van der Waals surface area contributed by atoms with Gasteiger partial charge in [0.15, 0.2) is 0 Å². The molecule has 2 rings (SSSR count). The molecule has 0 aliphatic carbocycles. The van der Waals surface area contributed by atoms with E-state index in [0.717, 1.165) is 11.1 Å². The van der Waals surface area contributed by atoms with Gasteiger partial charge in [0.25, 0.3) is 5.69 Å². The van der Waals surface area contributed by atoms with Gasteiger partial charge >= 0.3 is 0 Å². The molecule has 0 atom stereocenters. The van der Waals surface area contributed by atoms with E-state index in [2.05, 4.69) is 5.32 Å². The lowest BCUT2D eigenvalue weighted by Gasteiger charge is -2.11. The number of hydrogen-bond donors (Lipinski definition) is 1. The highest BCUT2D eigenvalue weighted by molar-refractivity contribution is 6.30. The largest absolute Gasteiger partial charge is 0.381 e. The molecule has 0 fully saturated rings. The fourth-order valence-electron chi connectivity index (χ4n) is 2.07. The topological polar surface area (TPSA) is 55.2 Å². The minimum Gasteiger partial charge on any atom is -0.381 e. The second-order valence-corrected chi connectivity index (χ2v) is 5.22. The number of aryl methyl sites for hydroxylation is 2. The van der Waals surface area contributed by atoms with Gasteiger partial charge in [0, 0.05) is 23.9 Å². The molecule has 6 heteroatoms. The number of nitro benzene ring substituents is 1. The molecule has 4 nitrogen and oxygen atoms in total. The Labute approximate surface area is 126 Å². The molecule has 2 aromatic rings. The number of halogens is 2. The van der Waals surface area contributed by atoms with E-state index >= 15 is 0 Å². The SMILES string of the molecule is Cc1cc(C)c([N+](=O)[O-])cc1NCc1ccc(F)c(Cl)c1. The maximum absolute atomic E-state index is 13.1. The Morgan fingerprint density at radius 1 is 1.24 bits per heavy atom. The molecule has 0 saturated heterocycles. The summed E-state index contributed by atoms with van der Waals surface area (Å²) in [5.74, 6) is -0.470. The van der Waals surface area contributed by atoms with Crippen LogP contribution in [0, 0.1) is 29.8 Å². The van der Waals surface area contributed by atoms with Crippen LogP contribution in [0.4, 0.5) is 15.8 Å². The summed E-state index contributed by atoms with van der Waals surface area (Å²) < 4.78 is 13.1. The van der Waals surface area contributed by atoms with E-state index in [1.807, 2.05) is 6.92 Å². The van der Waals surface area contributed by atoms with E-state index < -0.39 is 10.7 Å². The van der Waals surface area contributed by atoms with Crippen molar-refractivity contribution in [2.24, 2.45) is 0 Å². The van der Waals surface area contributed by atoms with Crippen molar-refractivity contribution in [1.82, 2.24) is 0 Å². The highest BCUT2D eigenvalue weighted by Gasteiger charge is 2.13. The summed E-state index contributed by atoms with van der Waals surface area (Å²) in [5, 5.41) is 14.1. The van der Waals surface area contributed by atoms with Crippen LogP contribution in [0.25, 0.3) is 0 Å². The van der Waals surface area contributed by atoms with Gasteiger partial charge in [-0.05, 0) is 43.2 Å². The molecule has 2 aromatic carbocycles. The van der Waals surface area contributed by atoms with Crippen molar-refractivity contribution < 1.29 is 9.31 Å². The fraction of sp³-hybridized carbons (Fsp3) is 0.200. The van der Waals surface area contributed by atoms with E-state index in [9.17, 15) is 14.5 Å². The highest BCUT2D eigenvalue weighted by atomic mass is 35.5. The minimum atomic E-state index is -0.470. The van der Waals surface area contributed by atoms with E-state index in [1.54, 1.807) is 19.1 Å². The number of hydrogen-bond acceptors (Lipinski definition) is 3. The molecular formula is C15H14ClFN2O2. The zero-order valence-corrected chi connectivity index (χ0v) is 12.4. The first kappa shape index (κ1) is 15.3. The Morgan fingerprint density at radius 2 is 1.95 bits per heavy atom. The summed E-state index contributed by atoms with van der Waals surface area (Å²) in [4.78, 5) is 10.6. The third-order valence-electron chi connectivity index (χ3n) is 3.21. The van der Waals surface area contributed by atoms with Gasteiger partial charge in [-0.25, -0.2) is 4.39 Å². The number of benzene rings is 2. The molecule has 0 saturated carbocycles. The van der Waals surface area contributed by atoms with Crippen molar-refractivity contribution in [2.45, 2.75) is 20.4 Å². The van der Waals surface area contributed by atoms with Crippen LogP contribution in [0.15, 0.2) is 30.3 Å². The van der Waals surface area contributed by atoms with E-state index in [1.165, 1.54) is 18.2 Å². The Balaban J connectivity index is 2.21. The van der Waals surface area contributed by atoms with Crippen molar-refractivity contribution >= 4 is 23.0 Å². The Hall–Kier alpha value is -2.14. The summed E-state index contributed by atoms with van der Waals surface area (Å²) in [6.07, 6.45) is 0. The number of nitrogens with one attached hydrogen (secondary N) is 1. The zero-order chi connectivity index (χ0) is 15.6. The predicted molar refractivity (Wildman–Crippen MR) is 81.3 cm³/mol. The maximum atomic E-state index is 13.1.